The van der Waals surface area contributed by atoms with Gasteiger partial charge in [-0.1, -0.05) is 18.2 Å². The first-order valence-corrected chi connectivity index (χ1v) is 6.52. The highest BCUT2D eigenvalue weighted by atomic mass is 32.1. The number of thiophene rings is 1. The molecule has 0 aliphatic carbocycles. The second kappa shape index (κ2) is 4.13. The van der Waals surface area contributed by atoms with E-state index in [0.717, 1.165) is 21.6 Å². The molecule has 0 saturated carbocycles. The fourth-order valence-electron chi connectivity index (χ4n) is 2.10. The summed E-state index contributed by atoms with van der Waals surface area (Å²) in [4.78, 5) is 18.4. The van der Waals surface area contributed by atoms with Crippen LogP contribution in [-0.2, 0) is 4.84 Å². The van der Waals surface area contributed by atoms with Crippen LogP contribution in [0.5, 0.6) is 0 Å². The second-order valence-electron chi connectivity index (χ2n) is 4.15. The van der Waals surface area contributed by atoms with Gasteiger partial charge in [0.1, 0.15) is 0 Å². The van der Waals surface area contributed by atoms with Crippen molar-refractivity contribution in [2.24, 2.45) is 0 Å². The lowest BCUT2D eigenvalue weighted by Gasteiger charge is -2.12. The number of aryl methyl sites for hydroxylation is 1. The van der Waals surface area contributed by atoms with Gasteiger partial charge < -0.3 is 0 Å². The molecule has 2 heterocycles. The van der Waals surface area contributed by atoms with Crippen molar-refractivity contribution < 1.29 is 9.63 Å². The predicted octanol–water partition coefficient (Wildman–Crippen LogP) is 2.99. The number of hydrogen-bond donors (Lipinski definition) is 0. The van der Waals surface area contributed by atoms with E-state index in [9.17, 15) is 4.79 Å². The predicted molar refractivity (Wildman–Crippen MR) is 68.2 cm³/mol. The average molecular weight is 247 g/mol. The van der Waals surface area contributed by atoms with Gasteiger partial charge in [0.05, 0.1) is 18.0 Å². The third-order valence-electron chi connectivity index (χ3n) is 3.02. The lowest BCUT2D eigenvalue weighted by Crippen LogP contribution is -2.26. The van der Waals surface area contributed by atoms with Crippen LogP contribution in [0.1, 0.15) is 21.7 Å². The monoisotopic (exact) mass is 247 g/mol. The molecule has 1 saturated heterocycles. The van der Waals surface area contributed by atoms with Crippen LogP contribution < -0.4 is 0 Å². The van der Waals surface area contributed by atoms with Crippen LogP contribution in [0.25, 0.3) is 10.1 Å². The Morgan fingerprint density at radius 1 is 1.41 bits per heavy atom. The molecule has 0 bridgehead atoms. The van der Waals surface area contributed by atoms with E-state index in [-0.39, 0.29) is 5.91 Å². The minimum Gasteiger partial charge on any atom is -0.271 e. The van der Waals surface area contributed by atoms with Gasteiger partial charge in [-0.3, -0.25) is 9.63 Å². The van der Waals surface area contributed by atoms with Crippen LogP contribution in [0.2, 0.25) is 0 Å². The summed E-state index contributed by atoms with van der Waals surface area (Å²) in [6, 6.07) is 8.11. The zero-order valence-corrected chi connectivity index (χ0v) is 10.4. The minimum atomic E-state index is 0.00111. The molecule has 4 heteroatoms. The molecule has 1 aromatic carbocycles. The van der Waals surface area contributed by atoms with Crippen LogP contribution in [-0.4, -0.2) is 24.1 Å². The van der Waals surface area contributed by atoms with Gasteiger partial charge in [-0.05, 0) is 30.4 Å². The Hall–Kier alpha value is -1.39. The maximum atomic E-state index is 12.2. The average Bonchev–Trinajstić information content (AvgIpc) is 2.97. The fraction of sp³-hybridized carbons (Fsp3) is 0.308. The zero-order valence-electron chi connectivity index (χ0n) is 9.60. The molecule has 1 aliphatic heterocycles. The molecule has 17 heavy (non-hydrogen) atoms. The normalized spacial score (nSPS) is 15.7. The van der Waals surface area contributed by atoms with Crippen molar-refractivity contribution in [1.82, 2.24) is 5.06 Å². The van der Waals surface area contributed by atoms with Crippen LogP contribution in [0, 0.1) is 6.92 Å². The van der Waals surface area contributed by atoms with Gasteiger partial charge in [0, 0.05) is 4.70 Å². The molecule has 1 aliphatic rings. The van der Waals surface area contributed by atoms with Gasteiger partial charge in [0.15, 0.2) is 0 Å². The van der Waals surface area contributed by atoms with Gasteiger partial charge in [0.25, 0.3) is 5.91 Å². The molecule has 0 radical (unpaired) electrons. The summed E-state index contributed by atoms with van der Waals surface area (Å²) in [7, 11) is 0. The summed E-state index contributed by atoms with van der Waals surface area (Å²) in [6.45, 7) is 3.35. The quantitative estimate of drug-likeness (QED) is 0.775. The van der Waals surface area contributed by atoms with E-state index in [0.29, 0.717) is 13.2 Å². The molecule has 3 nitrogen and oxygen atoms in total. The first-order chi connectivity index (χ1) is 8.27. The number of nitrogens with zero attached hydrogens (tertiary/aromatic N) is 1. The fourth-order valence-corrected chi connectivity index (χ4v) is 3.25. The third-order valence-corrected chi connectivity index (χ3v) is 4.28. The van der Waals surface area contributed by atoms with Crippen LogP contribution in [0.15, 0.2) is 24.3 Å². The Morgan fingerprint density at radius 3 is 2.94 bits per heavy atom. The third kappa shape index (κ3) is 1.73. The highest BCUT2D eigenvalue weighted by Gasteiger charge is 2.24. The number of carbonyl (C=O) groups excluding carboxylic acids is 1. The molecule has 0 N–H and O–H groups in total. The molecule has 1 amide bonds. The van der Waals surface area contributed by atoms with Crippen molar-refractivity contribution in [3.63, 3.8) is 0 Å². The number of rotatable bonds is 1. The lowest BCUT2D eigenvalue weighted by atomic mass is 10.1. The van der Waals surface area contributed by atoms with Crippen molar-refractivity contribution >= 4 is 27.3 Å². The molecule has 0 spiro atoms. The van der Waals surface area contributed by atoms with Crippen LogP contribution in [0.3, 0.4) is 0 Å². The molecule has 0 atom stereocenters. The second-order valence-corrected chi connectivity index (χ2v) is 5.20. The lowest BCUT2D eigenvalue weighted by molar-refractivity contribution is -0.0765. The maximum Gasteiger partial charge on any atom is 0.287 e. The Bertz CT molecular complexity index is 570. The Kier molecular flexibility index (Phi) is 2.61. The van der Waals surface area contributed by atoms with Crippen molar-refractivity contribution in [3.8, 4) is 0 Å². The largest absolute Gasteiger partial charge is 0.287 e. The van der Waals surface area contributed by atoms with E-state index in [2.05, 4.69) is 12.1 Å². The highest BCUT2D eigenvalue weighted by Crippen LogP contribution is 2.31. The van der Waals surface area contributed by atoms with Crippen LogP contribution >= 0.6 is 11.3 Å². The van der Waals surface area contributed by atoms with Crippen molar-refractivity contribution in [2.75, 3.05) is 13.2 Å². The summed E-state index contributed by atoms with van der Waals surface area (Å²) in [5.41, 5.74) is 1.06. The maximum absolute atomic E-state index is 12.2. The van der Waals surface area contributed by atoms with Gasteiger partial charge in [-0.25, -0.2) is 5.06 Å². The van der Waals surface area contributed by atoms with Gasteiger partial charge >= 0.3 is 0 Å². The summed E-state index contributed by atoms with van der Waals surface area (Å²) in [6.07, 6.45) is 0.926. The zero-order chi connectivity index (χ0) is 11.8. The summed E-state index contributed by atoms with van der Waals surface area (Å²) < 4.78 is 1.16. The first kappa shape index (κ1) is 10.7. The topological polar surface area (TPSA) is 29.5 Å². The standard InChI is InChI=1S/C13H13NO2S/c1-9-10-5-2-3-6-11(10)17-12(9)13(15)14-7-4-8-16-14/h2-3,5-6H,4,7-8H2,1H3. The number of hydrogen-bond acceptors (Lipinski definition) is 3. The molecular weight excluding hydrogens is 234 g/mol. The smallest absolute Gasteiger partial charge is 0.271 e. The minimum absolute atomic E-state index is 0.00111. The van der Waals surface area contributed by atoms with Crippen molar-refractivity contribution in [1.29, 1.82) is 0 Å². The van der Waals surface area contributed by atoms with E-state index in [4.69, 9.17) is 4.84 Å². The number of carbonyl (C=O) groups is 1. The molecule has 1 aromatic heterocycles. The number of fused-ring (bicyclic) bond motifs is 1. The Morgan fingerprint density at radius 2 is 2.24 bits per heavy atom. The molecule has 2 aromatic rings. The van der Waals surface area contributed by atoms with E-state index < -0.39 is 0 Å². The first-order valence-electron chi connectivity index (χ1n) is 5.70. The Balaban J connectivity index is 2.05. The van der Waals surface area contributed by atoms with Gasteiger partial charge in [-0.2, -0.15) is 0 Å². The van der Waals surface area contributed by atoms with E-state index in [1.54, 1.807) is 11.3 Å². The summed E-state index contributed by atoms with van der Waals surface area (Å²) >= 11 is 1.55. The summed E-state index contributed by atoms with van der Waals surface area (Å²) in [5.74, 6) is 0.00111. The van der Waals surface area contributed by atoms with Crippen molar-refractivity contribution in [2.45, 2.75) is 13.3 Å². The molecule has 1 fully saturated rings. The number of hydroxylamine groups is 2. The van der Waals surface area contributed by atoms with E-state index >= 15 is 0 Å². The van der Waals surface area contributed by atoms with Crippen LogP contribution in [0.4, 0.5) is 0 Å². The Labute approximate surface area is 104 Å². The molecule has 3 rings (SSSR count). The number of amides is 1. The number of benzene rings is 1. The molecule has 0 unspecified atom stereocenters. The molecular formula is C13H13NO2S. The molecule has 88 valence electrons. The van der Waals surface area contributed by atoms with E-state index in [1.807, 2.05) is 19.1 Å². The van der Waals surface area contributed by atoms with Gasteiger partial charge in [-0.15, -0.1) is 11.3 Å². The summed E-state index contributed by atoms with van der Waals surface area (Å²) in [5, 5.41) is 2.65. The van der Waals surface area contributed by atoms with Gasteiger partial charge in [0.2, 0.25) is 0 Å². The van der Waals surface area contributed by atoms with Crippen molar-refractivity contribution in [3.05, 3.63) is 34.7 Å². The highest BCUT2D eigenvalue weighted by molar-refractivity contribution is 7.21. The SMILES string of the molecule is Cc1c(C(=O)N2CCCO2)sc2ccccc12. The van der Waals surface area contributed by atoms with E-state index in [1.165, 1.54) is 10.4 Å².